The number of nitrogens with two attached hydrogens (primary N) is 4. The summed E-state index contributed by atoms with van der Waals surface area (Å²) < 4.78 is 78.6. The van der Waals surface area contributed by atoms with Crippen LogP contribution in [0.25, 0.3) is 93.5 Å². The first kappa shape index (κ1) is 88.0. The highest BCUT2D eigenvalue weighted by Crippen LogP contribution is 2.52. The number of carbonyl (C=O) groups is 4. The first-order valence-electron chi connectivity index (χ1n) is 43.7. The van der Waals surface area contributed by atoms with Crippen molar-refractivity contribution in [3.63, 3.8) is 0 Å². The molecule has 12 heterocycles. The quantitative estimate of drug-likeness (QED) is 0.0265. The number of hydrogen-bond donors (Lipinski definition) is 13. The lowest BCUT2D eigenvalue weighted by atomic mass is 9.93. The van der Waals surface area contributed by atoms with E-state index in [2.05, 4.69) is 145 Å². The van der Waals surface area contributed by atoms with Crippen LogP contribution in [0.3, 0.4) is 0 Å². The topological polar surface area (TPSA) is 529 Å². The monoisotopic (exact) mass is 1830 g/mol. The van der Waals surface area contributed by atoms with E-state index in [-0.39, 0.29) is 74.7 Å². The lowest BCUT2D eigenvalue weighted by Crippen LogP contribution is -2.19. The molecule has 4 aromatic carbocycles. The van der Waals surface area contributed by atoms with Crippen LogP contribution in [0.1, 0.15) is 146 Å². The summed E-state index contributed by atoms with van der Waals surface area (Å²) in [6.07, 6.45) is 27.1. The van der Waals surface area contributed by atoms with Crippen molar-refractivity contribution in [2.24, 2.45) is 0 Å². The molecule has 135 heavy (non-hydrogen) atoms. The standard InChI is InChI=1S/C24H24FN7O2.C24H22N8O2.C23H24FN7O3.C22H22FN7O3/c1-24(7-8-24)18-10-19(34-31-18)30-23(33)29-17-6-5-13(9-16(17)25)15-11-32(14-3-2-4-14)22-20(15)21(26)27-12-28-22;1-24(7-8-24)18-10-19(34-31-18)30-23(33)29-16-6-3-13(9-17(16)26-2)15-11-32(14-4-5-14)22-20(15)21(25)27-12-28-22;1-23(5-6-23)17-10-18(34-30-17)29-22(32)28-16-4-3-13(9-15(16)24)14-11-31(7-8-33-2)21-19(14)20(25)26-12-27-21;1-22(4-5-22)16-9-17(33-29-16)28-21(32)27-15-3-2-12(8-14(15)23)13-10-30(6-7-31)20-18(13)19(24)25-11-26-20/h5-6,9-12,14H,2-4,7-8H2,1H3,(H2,26,27,28)(H2,29,30,33);3,6,9-12,14H,4-5,7-8H2,1H3,(H2,25,27,28)(H2,29,30,33);3-4,9-12H,5-8H2,1-2H3,(H2,25,26,27)(H2,28,29,32);2-3,8-11,31H,4-7H2,1H3,(H2,24,25,26)(H2,27,28,32). The number of aliphatic hydroxyl groups excluding tert-OH is 1. The van der Waals surface area contributed by atoms with E-state index in [1.54, 1.807) is 72.5 Å². The maximum atomic E-state index is 15.0. The second-order valence-corrected chi connectivity index (χ2v) is 35.5. The number of aromatic nitrogens is 16. The Hall–Kier alpha value is -16.3. The highest BCUT2D eigenvalue weighted by atomic mass is 19.1. The van der Waals surface area contributed by atoms with Gasteiger partial charge in [0.1, 0.15) is 88.6 Å². The zero-order valence-corrected chi connectivity index (χ0v) is 73.7. The van der Waals surface area contributed by atoms with Crippen LogP contribution in [0.2, 0.25) is 0 Å². The molecule has 16 aromatic rings. The van der Waals surface area contributed by atoms with E-state index in [0.29, 0.717) is 116 Å². The fraction of sp³-hybridized carbons (Fsp3) is 0.301. The van der Waals surface area contributed by atoms with Crippen molar-refractivity contribution in [3.8, 4) is 44.5 Å². The number of nitrogens with zero attached hydrogens (tertiary/aromatic N) is 17. The van der Waals surface area contributed by atoms with Crippen LogP contribution in [-0.2, 0) is 39.5 Å². The average Bonchev–Trinajstić information content (AvgIpc) is 1.60. The number of benzene rings is 4. The minimum absolute atomic E-state index is 0.00605. The van der Waals surface area contributed by atoms with Crippen LogP contribution in [0.4, 0.5) is 108 Å². The van der Waals surface area contributed by atoms with E-state index in [1.807, 2.05) is 29.2 Å². The van der Waals surface area contributed by atoms with Gasteiger partial charge in [0, 0.05) is 131 Å². The summed E-state index contributed by atoms with van der Waals surface area (Å²) in [5, 5.41) is 48.6. The van der Waals surface area contributed by atoms with Gasteiger partial charge in [-0.05, 0) is 154 Å². The van der Waals surface area contributed by atoms with Gasteiger partial charge in [0.2, 0.25) is 29.2 Å². The number of methoxy groups -OCH3 is 1. The first-order valence-corrected chi connectivity index (χ1v) is 43.7. The number of anilines is 12. The fourth-order valence-electron chi connectivity index (χ4n) is 16.2. The zero-order chi connectivity index (χ0) is 93.9. The Balaban J connectivity index is 0.000000116. The van der Waals surface area contributed by atoms with Crippen molar-refractivity contribution in [1.29, 1.82) is 0 Å². The number of ether oxygens (including phenoxy) is 1. The van der Waals surface area contributed by atoms with Crippen LogP contribution in [0, 0.1) is 24.0 Å². The van der Waals surface area contributed by atoms with Crippen molar-refractivity contribution in [3.05, 3.63) is 199 Å². The highest BCUT2D eigenvalue weighted by molar-refractivity contribution is 6.07. The van der Waals surface area contributed by atoms with Crippen molar-refractivity contribution >= 4 is 144 Å². The summed E-state index contributed by atoms with van der Waals surface area (Å²) >= 11 is 0. The molecule has 8 amide bonds. The van der Waals surface area contributed by atoms with E-state index in [0.717, 1.165) is 133 Å². The number of nitrogen functional groups attached to an aromatic ring is 4. The van der Waals surface area contributed by atoms with Gasteiger partial charge in [-0.1, -0.05) is 72.6 Å². The van der Waals surface area contributed by atoms with Crippen LogP contribution in [0.15, 0.2) is 165 Å². The molecule has 0 atom stereocenters. The Morgan fingerprint density at radius 1 is 0.422 bits per heavy atom. The number of nitrogens with one attached hydrogen (secondary N) is 8. The summed E-state index contributed by atoms with van der Waals surface area (Å²) in [5.41, 5.74) is 36.8. The molecule has 6 aliphatic carbocycles. The fourth-order valence-corrected chi connectivity index (χ4v) is 16.2. The highest BCUT2D eigenvalue weighted by Gasteiger charge is 2.45. The Morgan fingerprint density at radius 2 is 0.726 bits per heavy atom. The number of amides is 8. The molecule has 6 aliphatic rings. The number of rotatable bonds is 23. The molecule has 0 bridgehead atoms. The van der Waals surface area contributed by atoms with Gasteiger partial charge in [0.25, 0.3) is 0 Å². The molecule has 0 spiro atoms. The molecule has 690 valence electrons. The Labute approximate surface area is 766 Å². The molecule has 12 aromatic heterocycles. The van der Waals surface area contributed by atoms with Crippen molar-refractivity contribution < 1.29 is 60.3 Å². The smallest absolute Gasteiger partial charge is 0.326 e. The van der Waals surface area contributed by atoms with Gasteiger partial charge < -0.3 is 90.4 Å². The van der Waals surface area contributed by atoms with Crippen LogP contribution >= 0.6 is 0 Å². The molecule has 6 saturated carbocycles. The molecular weight excluding hydrogens is 1740 g/mol. The molecular formula is C93H92F3N29O10. The number of aliphatic hydroxyl groups is 1. The predicted molar refractivity (Wildman–Crippen MR) is 499 cm³/mol. The number of urea groups is 4. The Kier molecular flexibility index (Phi) is 23.1. The lowest BCUT2D eigenvalue weighted by Gasteiger charge is -2.27. The van der Waals surface area contributed by atoms with Gasteiger partial charge in [-0.2, -0.15) is 0 Å². The molecule has 0 unspecified atom stereocenters. The summed E-state index contributed by atoms with van der Waals surface area (Å²) in [7, 11) is 1.61. The second-order valence-electron chi connectivity index (χ2n) is 35.5. The van der Waals surface area contributed by atoms with Gasteiger partial charge >= 0.3 is 24.1 Å². The predicted octanol–water partition coefficient (Wildman–Crippen LogP) is 18.1. The van der Waals surface area contributed by atoms with Crippen molar-refractivity contribution in [2.45, 2.75) is 158 Å². The molecule has 39 nitrogen and oxygen atoms in total. The SMILES string of the molecule is CC1(c2cc(NC(=O)Nc3ccc(-c4cn(C5CCC5)c5ncnc(N)c45)cc3F)on2)CC1.CC1(c2cc(NC(=O)Nc3ccc(-c4cn(CCO)c5ncnc(N)c45)cc3F)on2)CC1.COCCn1cc(-c2ccc(NC(=O)Nc3cc(C4(C)CC4)no3)c(F)c2)c2c(N)ncnc21.[C-]#[N+]c1cc(-c2cn(C3CC3)c3ncnc(N)c23)ccc1NC(=O)Nc1cc(C2(C)CC2)no1. The third kappa shape index (κ3) is 18.3. The maximum Gasteiger partial charge on any atom is 0.326 e. The van der Waals surface area contributed by atoms with Crippen molar-refractivity contribution in [1.82, 2.24) is 78.8 Å². The summed E-state index contributed by atoms with van der Waals surface area (Å²) in [5.74, 6) is 0.373. The van der Waals surface area contributed by atoms with E-state index >= 15 is 0 Å². The molecule has 42 heteroatoms. The number of fused-ring (bicyclic) bond motifs is 4. The molecule has 6 fully saturated rings. The van der Waals surface area contributed by atoms with Gasteiger partial charge in [-0.25, -0.2) is 77.1 Å². The van der Waals surface area contributed by atoms with E-state index in [1.165, 1.54) is 68.1 Å². The minimum atomic E-state index is -0.650. The van der Waals surface area contributed by atoms with Gasteiger partial charge in [-0.3, -0.25) is 21.3 Å². The molecule has 17 N–H and O–H groups in total. The number of carbonyl (C=O) groups excluding carboxylic acids is 4. The second kappa shape index (κ2) is 35.4. The molecule has 0 radical (unpaired) electrons. The van der Waals surface area contributed by atoms with Crippen LogP contribution < -0.4 is 65.5 Å². The van der Waals surface area contributed by atoms with Gasteiger partial charge in [0.05, 0.1) is 81.2 Å². The normalized spacial score (nSPS) is 15.5. The van der Waals surface area contributed by atoms with E-state index < -0.39 is 41.6 Å². The van der Waals surface area contributed by atoms with Crippen LogP contribution in [-0.4, -0.2) is 128 Å². The summed E-state index contributed by atoms with van der Waals surface area (Å²) in [6, 6.07) is 24.0. The van der Waals surface area contributed by atoms with Gasteiger partial charge in [-0.15, -0.1) is 0 Å². The maximum absolute atomic E-state index is 15.0. The van der Waals surface area contributed by atoms with Crippen molar-refractivity contribution in [2.75, 3.05) is 85.8 Å². The van der Waals surface area contributed by atoms with E-state index in [4.69, 9.17) is 52.3 Å². The van der Waals surface area contributed by atoms with Gasteiger partial charge in [0.15, 0.2) is 0 Å². The Morgan fingerprint density at radius 3 is 1.03 bits per heavy atom. The summed E-state index contributed by atoms with van der Waals surface area (Å²) in [4.78, 5) is 87.0. The lowest BCUT2D eigenvalue weighted by molar-refractivity contribution is 0.188. The number of hydrogen-bond acceptors (Lipinski definition) is 26. The Bertz CT molecular complexity index is 7350. The van der Waals surface area contributed by atoms with Crippen LogP contribution in [0.5, 0.6) is 0 Å². The number of halogens is 3. The summed E-state index contributed by atoms with van der Waals surface area (Å²) in [6.45, 7) is 17.2. The third-order valence-electron chi connectivity index (χ3n) is 25.7. The largest absolute Gasteiger partial charge is 0.395 e. The van der Waals surface area contributed by atoms with E-state index in [9.17, 15) is 37.5 Å². The minimum Gasteiger partial charge on any atom is -0.395 e. The third-order valence-corrected chi connectivity index (χ3v) is 25.7. The average molecular weight is 1830 g/mol. The molecule has 22 rings (SSSR count). The zero-order valence-electron chi connectivity index (χ0n) is 73.7. The first-order chi connectivity index (χ1) is 65.1. The molecule has 0 aliphatic heterocycles. The molecule has 0 saturated heterocycles.